The normalized spacial score (nSPS) is 27.1. The topological polar surface area (TPSA) is 101 Å². The molecule has 0 aliphatic carbocycles. The van der Waals surface area contributed by atoms with E-state index < -0.39 is 37.1 Å². The molecular weight excluding hydrogens is 267 g/mol. The molecule has 16 heavy (non-hydrogen) atoms. The van der Waals surface area contributed by atoms with Crippen molar-refractivity contribution in [2.45, 2.75) is 24.2 Å². The van der Waals surface area contributed by atoms with Gasteiger partial charge in [-0.3, -0.25) is 0 Å². The van der Waals surface area contributed by atoms with E-state index in [9.17, 15) is 21.4 Å². The largest absolute Gasteiger partial charge is 1.00 e. The molecule has 0 amide bonds. The Bertz CT molecular complexity index is 414. The number of hydrogen-bond acceptors (Lipinski definition) is 6. The monoisotopic (exact) mass is 280 g/mol. The van der Waals surface area contributed by atoms with Crippen LogP contribution in [0.25, 0.3) is 0 Å². The fourth-order valence-electron chi connectivity index (χ4n) is 1.60. The zero-order valence-electron chi connectivity index (χ0n) is 9.25. The van der Waals surface area contributed by atoms with E-state index in [1.807, 2.05) is 0 Å². The van der Waals surface area contributed by atoms with Crippen LogP contribution in [-0.4, -0.2) is 51.4 Å². The van der Waals surface area contributed by atoms with Crippen LogP contribution in [0.2, 0.25) is 0 Å². The van der Waals surface area contributed by atoms with E-state index in [-0.39, 0.29) is 36.0 Å². The van der Waals surface area contributed by atoms with E-state index in [0.29, 0.717) is 13.0 Å². The molecule has 1 rings (SSSR count). The van der Waals surface area contributed by atoms with Crippen LogP contribution in [0, 0.1) is 0 Å². The summed E-state index contributed by atoms with van der Waals surface area (Å²) in [5.74, 6) is -0.418. The molecule has 0 spiro atoms. The van der Waals surface area contributed by atoms with Crippen molar-refractivity contribution in [1.82, 2.24) is 0 Å². The molecular formula is C7H13NaO6S2. The third-order valence-corrected chi connectivity index (χ3v) is 4.43. The Labute approximate surface area is 118 Å². The van der Waals surface area contributed by atoms with E-state index >= 15 is 0 Å². The van der Waals surface area contributed by atoms with E-state index in [4.69, 9.17) is 4.74 Å². The van der Waals surface area contributed by atoms with Crippen molar-refractivity contribution in [3.8, 4) is 0 Å². The van der Waals surface area contributed by atoms with Crippen LogP contribution >= 0.6 is 0 Å². The summed E-state index contributed by atoms with van der Waals surface area (Å²) < 4.78 is 59.6. The van der Waals surface area contributed by atoms with Crippen LogP contribution in [0.1, 0.15) is 12.8 Å². The van der Waals surface area contributed by atoms with Gasteiger partial charge in [-0.1, -0.05) is 0 Å². The minimum Gasteiger partial charge on any atom is -0.748 e. The van der Waals surface area contributed by atoms with Crippen LogP contribution < -0.4 is 29.6 Å². The van der Waals surface area contributed by atoms with Crippen molar-refractivity contribution >= 4 is 20.0 Å². The standard InChI is InChI=1S/C7H14O6S2.Na/c1-14(8,9)5-6-7(15(10,11)12)3-2-4-13-6;/h6-7H,2-5H2,1H3,(H,10,11,12);/q;+1/p-1/t6-,7-;/m0./s1. The fourth-order valence-corrected chi connectivity index (χ4v) is 3.65. The molecule has 9 heteroatoms. The van der Waals surface area contributed by atoms with Gasteiger partial charge in [-0.15, -0.1) is 0 Å². The summed E-state index contributed by atoms with van der Waals surface area (Å²) in [6.07, 6.45) is 0.606. The van der Waals surface area contributed by atoms with E-state index in [0.717, 1.165) is 6.26 Å². The molecule has 1 aliphatic heterocycles. The number of sulfone groups is 1. The van der Waals surface area contributed by atoms with Crippen LogP contribution in [0.15, 0.2) is 0 Å². The summed E-state index contributed by atoms with van der Waals surface area (Å²) in [7, 11) is -7.83. The Kier molecular flexibility index (Phi) is 6.44. The second-order valence-electron chi connectivity index (χ2n) is 3.68. The molecule has 0 radical (unpaired) electrons. The Morgan fingerprint density at radius 3 is 2.31 bits per heavy atom. The van der Waals surface area contributed by atoms with Crippen molar-refractivity contribution in [1.29, 1.82) is 0 Å². The summed E-state index contributed by atoms with van der Waals surface area (Å²) in [5.41, 5.74) is 0. The summed E-state index contributed by atoms with van der Waals surface area (Å²) >= 11 is 0. The number of ether oxygens (including phenoxy) is 1. The summed E-state index contributed by atoms with van der Waals surface area (Å²) in [5, 5.41) is -1.24. The van der Waals surface area contributed by atoms with Gasteiger partial charge in [0.15, 0.2) is 0 Å². The van der Waals surface area contributed by atoms with Gasteiger partial charge in [0.2, 0.25) is 0 Å². The maximum Gasteiger partial charge on any atom is 1.00 e. The molecule has 0 N–H and O–H groups in total. The SMILES string of the molecule is CS(=O)(=O)C[C@@H]1OCCC[C@@H]1S(=O)(=O)[O-].[Na+]. The summed E-state index contributed by atoms with van der Waals surface area (Å²) in [6, 6.07) is 0. The van der Waals surface area contributed by atoms with Gasteiger partial charge in [-0.05, 0) is 12.8 Å². The smallest absolute Gasteiger partial charge is 0.748 e. The molecule has 1 aliphatic rings. The molecule has 0 aromatic carbocycles. The number of rotatable bonds is 3. The van der Waals surface area contributed by atoms with Crippen LogP contribution in [-0.2, 0) is 24.7 Å². The zero-order chi connectivity index (χ0) is 11.7. The van der Waals surface area contributed by atoms with Crippen molar-refractivity contribution in [3.05, 3.63) is 0 Å². The molecule has 1 saturated heterocycles. The van der Waals surface area contributed by atoms with Crippen LogP contribution in [0.5, 0.6) is 0 Å². The predicted octanol–water partition coefficient (Wildman–Crippen LogP) is -3.87. The fraction of sp³-hybridized carbons (Fsp3) is 1.00. The van der Waals surface area contributed by atoms with E-state index in [1.54, 1.807) is 0 Å². The maximum atomic E-state index is 11.0. The van der Waals surface area contributed by atoms with Gasteiger partial charge in [-0.2, -0.15) is 0 Å². The first kappa shape index (κ1) is 16.8. The van der Waals surface area contributed by atoms with Gasteiger partial charge in [0.25, 0.3) is 0 Å². The Hall–Kier alpha value is 0.820. The second kappa shape index (κ2) is 6.12. The van der Waals surface area contributed by atoms with Crippen molar-refractivity contribution in [2.24, 2.45) is 0 Å². The van der Waals surface area contributed by atoms with Gasteiger partial charge in [0, 0.05) is 12.9 Å². The molecule has 1 fully saturated rings. The summed E-state index contributed by atoms with van der Waals surface area (Å²) in [6.45, 7) is 0.298. The first-order valence-electron chi connectivity index (χ1n) is 4.44. The third kappa shape index (κ3) is 5.44. The second-order valence-corrected chi connectivity index (χ2v) is 7.45. The zero-order valence-corrected chi connectivity index (χ0v) is 12.9. The number of hydrogen-bond donors (Lipinski definition) is 0. The maximum absolute atomic E-state index is 11.0. The van der Waals surface area contributed by atoms with Gasteiger partial charge in [0.1, 0.15) is 20.0 Å². The average molecular weight is 280 g/mol. The molecule has 6 nitrogen and oxygen atoms in total. The van der Waals surface area contributed by atoms with Gasteiger partial charge in [0.05, 0.1) is 17.1 Å². The minimum absolute atomic E-state index is 0. The first-order valence-corrected chi connectivity index (χ1v) is 7.97. The third-order valence-electron chi connectivity index (χ3n) is 2.22. The Morgan fingerprint density at radius 2 is 1.88 bits per heavy atom. The van der Waals surface area contributed by atoms with Crippen molar-refractivity contribution in [2.75, 3.05) is 18.6 Å². The van der Waals surface area contributed by atoms with Crippen molar-refractivity contribution in [3.63, 3.8) is 0 Å². The minimum atomic E-state index is -4.49. The predicted molar refractivity (Wildman–Crippen MR) is 52.2 cm³/mol. The molecule has 1 heterocycles. The van der Waals surface area contributed by atoms with Gasteiger partial charge >= 0.3 is 29.6 Å². The van der Waals surface area contributed by atoms with Crippen LogP contribution in [0.3, 0.4) is 0 Å². The quantitative estimate of drug-likeness (QED) is 0.387. The van der Waals surface area contributed by atoms with Gasteiger partial charge < -0.3 is 9.29 Å². The molecule has 90 valence electrons. The summed E-state index contributed by atoms with van der Waals surface area (Å²) in [4.78, 5) is 0. The molecule has 2 atom stereocenters. The van der Waals surface area contributed by atoms with Crippen LogP contribution in [0.4, 0.5) is 0 Å². The molecule has 0 aromatic rings. The Balaban J connectivity index is 0.00000225. The van der Waals surface area contributed by atoms with E-state index in [1.165, 1.54) is 0 Å². The average Bonchev–Trinajstić information content (AvgIpc) is 1.99. The molecule has 0 saturated carbocycles. The van der Waals surface area contributed by atoms with E-state index in [2.05, 4.69) is 0 Å². The van der Waals surface area contributed by atoms with Gasteiger partial charge in [-0.25, -0.2) is 16.8 Å². The molecule has 0 unspecified atom stereocenters. The molecule has 0 aromatic heterocycles. The van der Waals surface area contributed by atoms with Crippen molar-refractivity contribution < 1.29 is 55.7 Å². The Morgan fingerprint density at radius 1 is 1.31 bits per heavy atom. The molecule has 0 bridgehead atoms. The first-order chi connectivity index (χ1) is 6.70.